The summed E-state index contributed by atoms with van der Waals surface area (Å²) >= 11 is 0. The number of amides is 1. The minimum atomic E-state index is -0.551. The Morgan fingerprint density at radius 3 is 2.78 bits per heavy atom. The zero-order chi connectivity index (χ0) is 13.5. The summed E-state index contributed by atoms with van der Waals surface area (Å²) in [7, 11) is 1.38. The maximum Gasteiger partial charge on any atom is 0.251 e. The third kappa shape index (κ3) is 3.70. The second kappa shape index (κ2) is 6.96. The van der Waals surface area contributed by atoms with E-state index in [-0.39, 0.29) is 23.3 Å². The molecule has 1 aromatic carbocycles. The molecule has 1 atom stereocenters. The van der Waals surface area contributed by atoms with Crippen LogP contribution in [0.25, 0.3) is 0 Å². The molecular weight excluding hydrogens is 235 g/mol. The first-order valence-corrected chi connectivity index (χ1v) is 5.96. The van der Waals surface area contributed by atoms with Crippen LogP contribution in [0.3, 0.4) is 0 Å². The smallest absolute Gasteiger partial charge is 0.251 e. The lowest BCUT2D eigenvalue weighted by Crippen LogP contribution is -2.40. The van der Waals surface area contributed by atoms with Crippen LogP contribution in [0.2, 0.25) is 0 Å². The Morgan fingerprint density at radius 1 is 1.56 bits per heavy atom. The van der Waals surface area contributed by atoms with Crippen LogP contribution in [0.1, 0.15) is 30.1 Å². The van der Waals surface area contributed by atoms with E-state index < -0.39 is 5.82 Å². The number of benzene rings is 1. The Hall–Kier alpha value is -1.62. The number of carbonyl (C=O) groups is 1. The van der Waals surface area contributed by atoms with Gasteiger partial charge in [0.25, 0.3) is 5.91 Å². The minimum Gasteiger partial charge on any atom is -0.494 e. The largest absolute Gasteiger partial charge is 0.494 e. The monoisotopic (exact) mass is 254 g/mol. The number of carbonyl (C=O) groups excluding carboxylic acids is 1. The molecule has 0 saturated carbocycles. The minimum absolute atomic E-state index is 0.0762. The van der Waals surface area contributed by atoms with Crippen molar-refractivity contribution >= 4 is 5.91 Å². The molecule has 1 amide bonds. The van der Waals surface area contributed by atoms with Crippen molar-refractivity contribution in [2.75, 3.05) is 13.7 Å². The van der Waals surface area contributed by atoms with E-state index in [1.54, 1.807) is 0 Å². The molecule has 1 unspecified atom stereocenters. The predicted molar refractivity (Wildman–Crippen MR) is 68.2 cm³/mol. The summed E-state index contributed by atoms with van der Waals surface area (Å²) in [6, 6.07) is 4.04. The maximum atomic E-state index is 13.4. The van der Waals surface area contributed by atoms with Crippen molar-refractivity contribution in [1.29, 1.82) is 0 Å². The highest BCUT2D eigenvalue weighted by atomic mass is 19.1. The van der Waals surface area contributed by atoms with Gasteiger partial charge in [0.1, 0.15) is 0 Å². The molecule has 1 rings (SSSR count). The standard InChI is InChI=1S/C13H19FN2O2/c1-3-4-10(8-15)16-13(17)9-5-6-12(18-2)11(14)7-9/h5-7,10H,3-4,8,15H2,1-2H3,(H,16,17). The van der Waals surface area contributed by atoms with Crippen molar-refractivity contribution in [2.24, 2.45) is 5.73 Å². The van der Waals surface area contributed by atoms with Gasteiger partial charge in [-0.05, 0) is 24.6 Å². The average Bonchev–Trinajstić information content (AvgIpc) is 2.37. The molecule has 18 heavy (non-hydrogen) atoms. The Bertz CT molecular complexity index is 410. The number of halogens is 1. The zero-order valence-electron chi connectivity index (χ0n) is 10.7. The van der Waals surface area contributed by atoms with Gasteiger partial charge in [0.05, 0.1) is 7.11 Å². The van der Waals surface area contributed by atoms with Gasteiger partial charge in [-0.25, -0.2) is 4.39 Å². The normalized spacial score (nSPS) is 12.0. The molecule has 0 fully saturated rings. The number of rotatable bonds is 6. The molecule has 4 nitrogen and oxygen atoms in total. The van der Waals surface area contributed by atoms with Crippen LogP contribution in [0.15, 0.2) is 18.2 Å². The Balaban J connectivity index is 2.74. The fraction of sp³-hybridized carbons (Fsp3) is 0.462. The summed E-state index contributed by atoms with van der Waals surface area (Å²) in [5.41, 5.74) is 5.82. The summed E-state index contributed by atoms with van der Waals surface area (Å²) in [5, 5.41) is 2.78. The van der Waals surface area contributed by atoms with E-state index >= 15 is 0 Å². The zero-order valence-corrected chi connectivity index (χ0v) is 10.7. The molecule has 0 aliphatic heterocycles. The van der Waals surface area contributed by atoms with E-state index in [1.165, 1.54) is 19.2 Å². The van der Waals surface area contributed by atoms with Gasteiger partial charge in [-0.3, -0.25) is 4.79 Å². The molecule has 0 radical (unpaired) electrons. The highest BCUT2D eigenvalue weighted by molar-refractivity contribution is 5.94. The summed E-state index contributed by atoms with van der Waals surface area (Å²) in [6.45, 7) is 2.39. The highest BCUT2D eigenvalue weighted by Gasteiger charge is 2.13. The van der Waals surface area contributed by atoms with E-state index in [1.807, 2.05) is 6.92 Å². The second-order valence-corrected chi connectivity index (χ2v) is 4.04. The Labute approximate surface area is 106 Å². The van der Waals surface area contributed by atoms with Gasteiger partial charge < -0.3 is 15.8 Å². The van der Waals surface area contributed by atoms with E-state index in [0.717, 1.165) is 18.9 Å². The molecule has 0 aliphatic rings. The number of nitrogens with two attached hydrogens (primary N) is 1. The SMILES string of the molecule is CCCC(CN)NC(=O)c1ccc(OC)c(F)c1. The van der Waals surface area contributed by atoms with E-state index in [0.29, 0.717) is 6.54 Å². The number of hydrogen-bond donors (Lipinski definition) is 2. The topological polar surface area (TPSA) is 64.3 Å². The first kappa shape index (κ1) is 14.4. The summed E-state index contributed by atoms with van der Waals surface area (Å²) in [6.07, 6.45) is 1.74. The van der Waals surface area contributed by atoms with Gasteiger partial charge in [-0.15, -0.1) is 0 Å². The summed E-state index contributed by atoms with van der Waals surface area (Å²) < 4.78 is 18.2. The lowest BCUT2D eigenvalue weighted by atomic mass is 10.1. The van der Waals surface area contributed by atoms with Gasteiger partial charge in [-0.2, -0.15) is 0 Å². The summed E-state index contributed by atoms with van der Waals surface area (Å²) in [5.74, 6) is -0.749. The van der Waals surface area contributed by atoms with Crippen molar-refractivity contribution in [3.05, 3.63) is 29.6 Å². The van der Waals surface area contributed by atoms with Crippen molar-refractivity contribution in [3.63, 3.8) is 0 Å². The number of nitrogens with one attached hydrogen (secondary N) is 1. The number of hydrogen-bond acceptors (Lipinski definition) is 3. The highest BCUT2D eigenvalue weighted by Crippen LogP contribution is 2.17. The van der Waals surface area contributed by atoms with Gasteiger partial charge >= 0.3 is 0 Å². The lowest BCUT2D eigenvalue weighted by Gasteiger charge is -2.16. The van der Waals surface area contributed by atoms with Crippen LogP contribution >= 0.6 is 0 Å². The van der Waals surface area contributed by atoms with Crippen LogP contribution in [0.4, 0.5) is 4.39 Å². The van der Waals surface area contributed by atoms with Gasteiger partial charge in [-0.1, -0.05) is 13.3 Å². The Morgan fingerprint density at radius 2 is 2.28 bits per heavy atom. The van der Waals surface area contributed by atoms with Gasteiger partial charge in [0.15, 0.2) is 11.6 Å². The molecule has 0 saturated heterocycles. The quantitative estimate of drug-likeness (QED) is 0.812. The average molecular weight is 254 g/mol. The van der Waals surface area contributed by atoms with Crippen molar-refractivity contribution in [3.8, 4) is 5.75 Å². The fourth-order valence-corrected chi connectivity index (χ4v) is 1.67. The molecule has 1 aromatic rings. The number of ether oxygens (including phenoxy) is 1. The van der Waals surface area contributed by atoms with Crippen LogP contribution in [-0.4, -0.2) is 25.6 Å². The lowest BCUT2D eigenvalue weighted by molar-refractivity contribution is 0.0935. The molecule has 100 valence electrons. The third-order valence-corrected chi connectivity index (χ3v) is 2.67. The van der Waals surface area contributed by atoms with E-state index in [9.17, 15) is 9.18 Å². The van der Waals surface area contributed by atoms with Crippen molar-refractivity contribution in [1.82, 2.24) is 5.32 Å². The first-order chi connectivity index (χ1) is 8.62. The third-order valence-electron chi connectivity index (χ3n) is 2.67. The van der Waals surface area contributed by atoms with Crippen LogP contribution in [0, 0.1) is 5.82 Å². The summed E-state index contributed by atoms with van der Waals surface area (Å²) in [4.78, 5) is 11.9. The molecule has 3 N–H and O–H groups in total. The first-order valence-electron chi connectivity index (χ1n) is 5.96. The van der Waals surface area contributed by atoms with Gasteiger partial charge in [0.2, 0.25) is 0 Å². The molecule has 0 heterocycles. The molecular formula is C13H19FN2O2. The molecule has 5 heteroatoms. The molecule has 0 aromatic heterocycles. The van der Waals surface area contributed by atoms with Crippen molar-refractivity contribution in [2.45, 2.75) is 25.8 Å². The number of methoxy groups -OCH3 is 1. The van der Waals surface area contributed by atoms with E-state index in [2.05, 4.69) is 5.32 Å². The molecule has 0 spiro atoms. The van der Waals surface area contributed by atoms with Crippen molar-refractivity contribution < 1.29 is 13.9 Å². The molecule has 0 bridgehead atoms. The van der Waals surface area contributed by atoms with E-state index in [4.69, 9.17) is 10.5 Å². The maximum absolute atomic E-state index is 13.4. The van der Waals surface area contributed by atoms with Crippen LogP contribution in [0.5, 0.6) is 5.75 Å². The van der Waals surface area contributed by atoms with Gasteiger partial charge in [0, 0.05) is 18.2 Å². The van der Waals surface area contributed by atoms with Crippen LogP contribution < -0.4 is 15.8 Å². The van der Waals surface area contributed by atoms with Crippen LogP contribution in [-0.2, 0) is 0 Å². The second-order valence-electron chi connectivity index (χ2n) is 4.04. The fourth-order valence-electron chi connectivity index (χ4n) is 1.67. The Kier molecular flexibility index (Phi) is 5.58. The predicted octanol–water partition coefficient (Wildman–Crippen LogP) is 1.69. The molecule has 0 aliphatic carbocycles.